The summed E-state index contributed by atoms with van der Waals surface area (Å²) in [5, 5.41) is 11.8. The predicted molar refractivity (Wildman–Crippen MR) is 73.3 cm³/mol. The largest absolute Gasteiger partial charge is 0.479 e. The van der Waals surface area contributed by atoms with Gasteiger partial charge in [0.1, 0.15) is 0 Å². The van der Waals surface area contributed by atoms with E-state index in [9.17, 15) is 14.7 Å². The monoisotopic (exact) mass is 270 g/mol. The highest BCUT2D eigenvalue weighted by atomic mass is 16.4. The lowest BCUT2D eigenvalue weighted by Gasteiger charge is -2.15. The van der Waals surface area contributed by atoms with Gasteiger partial charge in [0.25, 0.3) is 5.91 Å². The highest BCUT2D eigenvalue weighted by Gasteiger charge is 2.23. The molecule has 2 rings (SSSR count). The first-order chi connectivity index (χ1) is 9.59. The molecule has 20 heavy (non-hydrogen) atoms. The molecule has 0 aliphatic carbocycles. The Kier molecular flexibility index (Phi) is 4.10. The SMILES string of the molecule is Cc1ccccc1C(=O)NC(C(=O)O)c1cccnc1. The number of nitrogens with one attached hydrogen (secondary N) is 1. The number of hydrogen-bond donors (Lipinski definition) is 2. The molecule has 1 amide bonds. The van der Waals surface area contributed by atoms with Crippen molar-refractivity contribution in [2.75, 3.05) is 0 Å². The second kappa shape index (κ2) is 5.97. The third-order valence-corrected chi connectivity index (χ3v) is 2.93. The fraction of sp³-hybridized carbons (Fsp3) is 0.133. The zero-order valence-corrected chi connectivity index (χ0v) is 10.9. The summed E-state index contributed by atoms with van der Waals surface area (Å²) in [7, 11) is 0. The van der Waals surface area contributed by atoms with Gasteiger partial charge in [-0.25, -0.2) is 4.79 Å². The van der Waals surface area contributed by atoms with Crippen LogP contribution in [-0.4, -0.2) is 22.0 Å². The zero-order chi connectivity index (χ0) is 14.5. The van der Waals surface area contributed by atoms with Crippen LogP contribution < -0.4 is 5.32 Å². The zero-order valence-electron chi connectivity index (χ0n) is 10.9. The number of carboxylic acids is 1. The number of pyridine rings is 1. The number of nitrogens with zero attached hydrogens (tertiary/aromatic N) is 1. The second-order valence-electron chi connectivity index (χ2n) is 4.35. The molecule has 0 radical (unpaired) electrons. The summed E-state index contributed by atoms with van der Waals surface area (Å²) in [6.07, 6.45) is 2.97. The Morgan fingerprint density at radius 3 is 2.55 bits per heavy atom. The number of hydrogen-bond acceptors (Lipinski definition) is 3. The molecule has 0 fully saturated rings. The van der Waals surface area contributed by atoms with Gasteiger partial charge in [-0.1, -0.05) is 24.3 Å². The van der Waals surface area contributed by atoms with Crippen LogP contribution in [0.15, 0.2) is 48.8 Å². The van der Waals surface area contributed by atoms with Gasteiger partial charge in [-0.2, -0.15) is 0 Å². The van der Waals surface area contributed by atoms with Crippen molar-refractivity contribution in [3.63, 3.8) is 0 Å². The van der Waals surface area contributed by atoms with Crippen molar-refractivity contribution in [1.29, 1.82) is 0 Å². The Morgan fingerprint density at radius 2 is 1.95 bits per heavy atom. The minimum Gasteiger partial charge on any atom is -0.479 e. The Bertz CT molecular complexity index is 626. The predicted octanol–water partition coefficient (Wildman–Crippen LogP) is 1.95. The van der Waals surface area contributed by atoms with Crippen molar-refractivity contribution in [1.82, 2.24) is 10.3 Å². The van der Waals surface area contributed by atoms with Crippen LogP contribution in [-0.2, 0) is 4.79 Å². The highest BCUT2D eigenvalue weighted by molar-refractivity contribution is 5.97. The van der Waals surface area contributed by atoms with Gasteiger partial charge >= 0.3 is 5.97 Å². The topological polar surface area (TPSA) is 79.3 Å². The quantitative estimate of drug-likeness (QED) is 0.890. The van der Waals surface area contributed by atoms with Crippen molar-refractivity contribution >= 4 is 11.9 Å². The number of amides is 1. The van der Waals surface area contributed by atoms with Crippen LogP contribution in [0.4, 0.5) is 0 Å². The fourth-order valence-corrected chi connectivity index (χ4v) is 1.87. The van der Waals surface area contributed by atoms with Gasteiger partial charge < -0.3 is 10.4 Å². The van der Waals surface area contributed by atoms with Gasteiger partial charge in [-0.15, -0.1) is 0 Å². The maximum absolute atomic E-state index is 12.2. The van der Waals surface area contributed by atoms with E-state index >= 15 is 0 Å². The molecule has 102 valence electrons. The minimum absolute atomic E-state index is 0.417. The van der Waals surface area contributed by atoms with Crippen LogP contribution in [0.25, 0.3) is 0 Å². The van der Waals surface area contributed by atoms with Gasteiger partial charge in [-0.3, -0.25) is 9.78 Å². The van der Waals surface area contributed by atoms with Crippen molar-refractivity contribution in [2.24, 2.45) is 0 Å². The third-order valence-electron chi connectivity index (χ3n) is 2.93. The molecule has 0 spiro atoms. The van der Waals surface area contributed by atoms with Crippen molar-refractivity contribution in [3.8, 4) is 0 Å². The van der Waals surface area contributed by atoms with Gasteiger partial charge in [0, 0.05) is 23.5 Å². The molecular formula is C15H14N2O3. The molecule has 5 heteroatoms. The molecule has 0 aliphatic rings. The summed E-state index contributed by atoms with van der Waals surface area (Å²) < 4.78 is 0. The van der Waals surface area contributed by atoms with Crippen molar-refractivity contribution in [2.45, 2.75) is 13.0 Å². The summed E-state index contributed by atoms with van der Waals surface area (Å²) >= 11 is 0. The maximum atomic E-state index is 12.2. The summed E-state index contributed by atoms with van der Waals surface area (Å²) in [4.78, 5) is 27.3. The lowest BCUT2D eigenvalue weighted by molar-refractivity contribution is -0.139. The Labute approximate surface area is 116 Å². The molecule has 5 nitrogen and oxygen atoms in total. The van der Waals surface area contributed by atoms with Crippen LogP contribution in [0.5, 0.6) is 0 Å². The number of aromatic nitrogens is 1. The number of aryl methyl sites for hydroxylation is 1. The number of rotatable bonds is 4. The summed E-state index contributed by atoms with van der Waals surface area (Å²) in [5.41, 5.74) is 1.69. The lowest BCUT2D eigenvalue weighted by atomic mass is 10.1. The Morgan fingerprint density at radius 1 is 1.20 bits per heavy atom. The van der Waals surface area contributed by atoms with Crippen LogP contribution in [0.3, 0.4) is 0 Å². The van der Waals surface area contributed by atoms with E-state index in [1.807, 2.05) is 6.07 Å². The number of benzene rings is 1. The molecule has 0 saturated carbocycles. The summed E-state index contributed by atoms with van der Waals surface area (Å²) in [5.74, 6) is -1.54. The summed E-state index contributed by atoms with van der Waals surface area (Å²) in [6.45, 7) is 1.80. The van der Waals surface area contributed by atoms with E-state index in [1.54, 1.807) is 43.5 Å². The van der Waals surface area contributed by atoms with E-state index in [-0.39, 0.29) is 0 Å². The molecule has 0 aliphatic heterocycles. The number of aliphatic carboxylic acids is 1. The smallest absolute Gasteiger partial charge is 0.330 e. The molecule has 0 saturated heterocycles. The number of carbonyl (C=O) groups is 2. The molecular weight excluding hydrogens is 256 g/mol. The van der Waals surface area contributed by atoms with Crippen molar-refractivity contribution < 1.29 is 14.7 Å². The molecule has 1 aromatic carbocycles. The minimum atomic E-state index is -1.13. The third kappa shape index (κ3) is 3.00. The van der Waals surface area contributed by atoms with Gasteiger partial charge in [0.15, 0.2) is 6.04 Å². The first-order valence-electron chi connectivity index (χ1n) is 6.09. The molecule has 1 heterocycles. The van der Waals surface area contributed by atoms with Crippen LogP contribution in [0.2, 0.25) is 0 Å². The first kappa shape index (κ1) is 13.7. The molecule has 1 aromatic heterocycles. The lowest BCUT2D eigenvalue weighted by Crippen LogP contribution is -2.34. The average molecular weight is 270 g/mol. The van der Waals surface area contributed by atoms with Crippen LogP contribution in [0.1, 0.15) is 27.5 Å². The van der Waals surface area contributed by atoms with Gasteiger partial charge in [0.2, 0.25) is 0 Å². The fourth-order valence-electron chi connectivity index (χ4n) is 1.87. The molecule has 1 unspecified atom stereocenters. The van der Waals surface area contributed by atoms with Crippen LogP contribution >= 0.6 is 0 Å². The number of carboxylic acid groups (broad SMARTS) is 1. The molecule has 0 bridgehead atoms. The van der Waals surface area contributed by atoms with Gasteiger partial charge in [-0.05, 0) is 24.6 Å². The molecule has 1 atom stereocenters. The summed E-state index contributed by atoms with van der Waals surface area (Å²) in [6, 6.07) is 9.15. The molecule has 2 N–H and O–H groups in total. The number of carbonyl (C=O) groups excluding carboxylic acids is 1. The molecule has 2 aromatic rings. The second-order valence-corrected chi connectivity index (χ2v) is 4.35. The van der Waals surface area contributed by atoms with E-state index in [0.717, 1.165) is 5.56 Å². The van der Waals surface area contributed by atoms with Crippen molar-refractivity contribution in [3.05, 3.63) is 65.5 Å². The van der Waals surface area contributed by atoms with E-state index in [1.165, 1.54) is 6.20 Å². The highest BCUT2D eigenvalue weighted by Crippen LogP contribution is 2.14. The van der Waals surface area contributed by atoms with E-state index in [0.29, 0.717) is 11.1 Å². The van der Waals surface area contributed by atoms with Gasteiger partial charge in [0.05, 0.1) is 0 Å². The Balaban J connectivity index is 2.24. The average Bonchev–Trinajstić information content (AvgIpc) is 2.45. The van der Waals surface area contributed by atoms with Crippen LogP contribution in [0, 0.1) is 6.92 Å². The Hall–Kier alpha value is -2.69. The van der Waals surface area contributed by atoms with E-state index in [2.05, 4.69) is 10.3 Å². The van der Waals surface area contributed by atoms with E-state index < -0.39 is 17.9 Å². The van der Waals surface area contributed by atoms with E-state index in [4.69, 9.17) is 0 Å². The first-order valence-corrected chi connectivity index (χ1v) is 6.09. The normalized spacial score (nSPS) is 11.7. The standard InChI is InChI=1S/C15H14N2O3/c1-10-5-2-3-7-12(10)14(18)17-13(15(19)20)11-6-4-8-16-9-11/h2-9,13H,1H3,(H,17,18)(H,19,20). The maximum Gasteiger partial charge on any atom is 0.330 e.